The zero-order valence-electron chi connectivity index (χ0n) is 11.0. The number of aromatic nitrogens is 2. The summed E-state index contributed by atoms with van der Waals surface area (Å²) in [6.45, 7) is 4.20. The molecule has 96 valence electrons. The van der Waals surface area contributed by atoms with Crippen molar-refractivity contribution in [1.82, 2.24) is 14.9 Å². The fourth-order valence-corrected chi connectivity index (χ4v) is 3.26. The van der Waals surface area contributed by atoms with E-state index in [1.807, 2.05) is 6.20 Å². The van der Waals surface area contributed by atoms with Gasteiger partial charge in [0.2, 0.25) is 5.91 Å². The molecule has 2 bridgehead atoms. The number of nitrogens with zero attached hydrogens (tertiary/aromatic N) is 3. The monoisotopic (exact) mass is 245 g/mol. The van der Waals surface area contributed by atoms with Crippen LogP contribution in [0, 0.1) is 5.92 Å². The third kappa shape index (κ3) is 1.80. The highest BCUT2D eigenvalue weighted by Crippen LogP contribution is 2.43. The van der Waals surface area contributed by atoms with Gasteiger partial charge >= 0.3 is 0 Å². The standard InChI is InChI=1S/C14H19N3O/c1-9(2)5-14(18)17-10-3-4-13(17)11-7-15-8-16-12(11)6-10/h7-10,13H,3-6H2,1-2H3. The predicted octanol–water partition coefficient (Wildman–Crippen LogP) is 2.11. The maximum Gasteiger partial charge on any atom is 0.223 e. The van der Waals surface area contributed by atoms with E-state index in [0.29, 0.717) is 24.3 Å². The van der Waals surface area contributed by atoms with Gasteiger partial charge in [0.25, 0.3) is 0 Å². The maximum absolute atomic E-state index is 12.4. The largest absolute Gasteiger partial charge is 0.332 e. The lowest BCUT2D eigenvalue weighted by atomic mass is 9.98. The smallest absolute Gasteiger partial charge is 0.223 e. The molecular weight excluding hydrogens is 226 g/mol. The average Bonchev–Trinajstić information content (AvgIpc) is 2.64. The quantitative estimate of drug-likeness (QED) is 0.801. The van der Waals surface area contributed by atoms with Gasteiger partial charge in [-0.2, -0.15) is 0 Å². The third-order valence-electron chi connectivity index (χ3n) is 3.99. The first-order valence-electron chi connectivity index (χ1n) is 6.76. The Balaban J connectivity index is 1.90. The first kappa shape index (κ1) is 11.6. The Bertz CT molecular complexity index is 472. The van der Waals surface area contributed by atoms with Crippen molar-refractivity contribution in [3.8, 4) is 0 Å². The highest BCUT2D eigenvalue weighted by molar-refractivity contribution is 5.78. The molecule has 4 nitrogen and oxygen atoms in total. The Morgan fingerprint density at radius 2 is 2.33 bits per heavy atom. The highest BCUT2D eigenvalue weighted by Gasteiger charge is 2.42. The van der Waals surface area contributed by atoms with E-state index >= 15 is 0 Å². The molecule has 2 unspecified atom stereocenters. The molecule has 1 amide bonds. The van der Waals surface area contributed by atoms with Crippen LogP contribution in [0.15, 0.2) is 12.5 Å². The molecule has 1 aromatic heterocycles. The predicted molar refractivity (Wildman–Crippen MR) is 67.8 cm³/mol. The van der Waals surface area contributed by atoms with Gasteiger partial charge in [-0.1, -0.05) is 13.8 Å². The molecule has 1 fully saturated rings. The van der Waals surface area contributed by atoms with Crippen molar-refractivity contribution in [1.29, 1.82) is 0 Å². The number of rotatable bonds is 2. The molecule has 2 aliphatic heterocycles. The van der Waals surface area contributed by atoms with Crippen molar-refractivity contribution < 1.29 is 4.79 Å². The van der Waals surface area contributed by atoms with Crippen LogP contribution in [-0.2, 0) is 11.2 Å². The van der Waals surface area contributed by atoms with Gasteiger partial charge in [0.15, 0.2) is 0 Å². The van der Waals surface area contributed by atoms with Crippen molar-refractivity contribution in [2.45, 2.75) is 51.6 Å². The minimum absolute atomic E-state index is 0.228. The summed E-state index contributed by atoms with van der Waals surface area (Å²) in [7, 11) is 0. The number of fused-ring (bicyclic) bond motifs is 4. The van der Waals surface area contributed by atoms with E-state index in [1.54, 1.807) is 6.33 Å². The van der Waals surface area contributed by atoms with E-state index < -0.39 is 0 Å². The van der Waals surface area contributed by atoms with Gasteiger partial charge in [-0.25, -0.2) is 9.97 Å². The molecular formula is C14H19N3O. The van der Waals surface area contributed by atoms with Crippen molar-refractivity contribution >= 4 is 5.91 Å². The Morgan fingerprint density at radius 3 is 3.11 bits per heavy atom. The van der Waals surface area contributed by atoms with Gasteiger partial charge in [-0.15, -0.1) is 0 Å². The normalized spacial score (nSPS) is 25.4. The van der Waals surface area contributed by atoms with Crippen molar-refractivity contribution in [3.05, 3.63) is 23.8 Å². The van der Waals surface area contributed by atoms with Crippen LogP contribution >= 0.6 is 0 Å². The Morgan fingerprint density at radius 1 is 1.50 bits per heavy atom. The number of carbonyl (C=O) groups excluding carboxylic acids is 1. The van der Waals surface area contributed by atoms with Crippen LogP contribution in [0.4, 0.5) is 0 Å². The fraction of sp³-hybridized carbons (Fsp3) is 0.643. The van der Waals surface area contributed by atoms with E-state index in [0.717, 1.165) is 25.0 Å². The molecule has 0 aliphatic carbocycles. The lowest BCUT2D eigenvalue weighted by Gasteiger charge is -2.36. The molecule has 0 spiro atoms. The molecule has 1 aromatic rings. The second kappa shape index (κ2) is 4.34. The second-order valence-corrected chi connectivity index (χ2v) is 5.77. The highest BCUT2D eigenvalue weighted by atomic mass is 16.2. The molecule has 2 aliphatic rings. The molecule has 0 N–H and O–H groups in total. The molecule has 0 aromatic carbocycles. The van der Waals surface area contributed by atoms with Crippen LogP contribution in [0.25, 0.3) is 0 Å². The molecule has 18 heavy (non-hydrogen) atoms. The van der Waals surface area contributed by atoms with Gasteiger partial charge in [0.05, 0.1) is 11.7 Å². The molecule has 1 saturated heterocycles. The maximum atomic E-state index is 12.4. The number of hydrogen-bond donors (Lipinski definition) is 0. The Kier molecular flexibility index (Phi) is 2.80. The van der Waals surface area contributed by atoms with Gasteiger partial charge < -0.3 is 4.90 Å². The average molecular weight is 245 g/mol. The first-order chi connectivity index (χ1) is 8.66. The Labute approximate surface area is 107 Å². The van der Waals surface area contributed by atoms with Crippen LogP contribution in [0.2, 0.25) is 0 Å². The van der Waals surface area contributed by atoms with E-state index in [2.05, 4.69) is 28.7 Å². The SMILES string of the molecule is CC(C)CC(=O)N1C2CCC1c1cncnc1C2. The summed E-state index contributed by atoms with van der Waals surface area (Å²) in [4.78, 5) is 23.0. The lowest BCUT2D eigenvalue weighted by molar-refractivity contribution is -0.135. The van der Waals surface area contributed by atoms with E-state index in [1.165, 1.54) is 5.56 Å². The molecule has 2 atom stereocenters. The third-order valence-corrected chi connectivity index (χ3v) is 3.99. The Hall–Kier alpha value is -1.45. The van der Waals surface area contributed by atoms with Crippen LogP contribution in [-0.4, -0.2) is 26.8 Å². The van der Waals surface area contributed by atoms with Gasteiger partial charge in [0.1, 0.15) is 6.33 Å². The molecule has 4 heteroatoms. The van der Waals surface area contributed by atoms with Crippen LogP contribution in [0.1, 0.15) is 50.4 Å². The molecule has 0 saturated carbocycles. The molecule has 0 radical (unpaired) electrons. The van der Waals surface area contributed by atoms with Gasteiger partial charge in [-0.05, 0) is 18.8 Å². The van der Waals surface area contributed by atoms with Gasteiger partial charge in [-0.3, -0.25) is 4.79 Å². The van der Waals surface area contributed by atoms with Crippen LogP contribution in [0.5, 0.6) is 0 Å². The summed E-state index contributed by atoms with van der Waals surface area (Å²) >= 11 is 0. The number of carbonyl (C=O) groups is 1. The summed E-state index contributed by atoms with van der Waals surface area (Å²) in [5.74, 6) is 0.720. The molecule has 3 rings (SSSR count). The number of amides is 1. The zero-order valence-corrected chi connectivity index (χ0v) is 11.0. The van der Waals surface area contributed by atoms with Crippen LogP contribution in [0.3, 0.4) is 0 Å². The van der Waals surface area contributed by atoms with E-state index in [4.69, 9.17) is 0 Å². The van der Waals surface area contributed by atoms with Crippen molar-refractivity contribution in [3.63, 3.8) is 0 Å². The minimum atomic E-state index is 0.228. The topological polar surface area (TPSA) is 46.1 Å². The summed E-state index contributed by atoms with van der Waals surface area (Å²) in [6, 6.07) is 0.592. The van der Waals surface area contributed by atoms with E-state index in [9.17, 15) is 4.79 Å². The molecule has 3 heterocycles. The summed E-state index contributed by atoms with van der Waals surface area (Å²) in [5, 5.41) is 0. The van der Waals surface area contributed by atoms with Crippen molar-refractivity contribution in [2.75, 3.05) is 0 Å². The second-order valence-electron chi connectivity index (χ2n) is 5.77. The lowest BCUT2D eigenvalue weighted by Crippen LogP contribution is -2.42. The number of hydrogen-bond acceptors (Lipinski definition) is 3. The zero-order chi connectivity index (χ0) is 12.7. The summed E-state index contributed by atoms with van der Waals surface area (Å²) in [5.41, 5.74) is 2.31. The van der Waals surface area contributed by atoms with Crippen LogP contribution < -0.4 is 0 Å². The fourth-order valence-electron chi connectivity index (χ4n) is 3.26. The summed E-state index contributed by atoms with van der Waals surface area (Å²) < 4.78 is 0. The first-order valence-corrected chi connectivity index (χ1v) is 6.76. The van der Waals surface area contributed by atoms with Gasteiger partial charge in [0, 0.05) is 30.6 Å². The van der Waals surface area contributed by atoms with E-state index in [-0.39, 0.29) is 6.04 Å². The minimum Gasteiger partial charge on any atom is -0.332 e. The summed E-state index contributed by atoms with van der Waals surface area (Å²) in [6.07, 6.45) is 7.22. The van der Waals surface area contributed by atoms with Crippen molar-refractivity contribution in [2.24, 2.45) is 5.92 Å².